The van der Waals surface area contributed by atoms with Crippen LogP contribution in [0.3, 0.4) is 0 Å². The molecule has 7 heteroatoms. The second kappa shape index (κ2) is 8.79. The van der Waals surface area contributed by atoms with Crippen LogP contribution in [-0.2, 0) is 0 Å². The minimum absolute atomic E-state index is 0.410. The van der Waals surface area contributed by atoms with Crippen molar-refractivity contribution < 1.29 is 0 Å². The monoisotopic (exact) mass is 409 g/mol. The fraction of sp³-hybridized carbons (Fsp3) is 0.167. The van der Waals surface area contributed by atoms with Crippen molar-refractivity contribution in [2.45, 2.75) is 12.8 Å². The number of hydrogen-bond donors (Lipinski definition) is 2. The van der Waals surface area contributed by atoms with E-state index in [1.807, 2.05) is 48.5 Å². The average molecular weight is 409 g/mol. The molecule has 1 saturated heterocycles. The van der Waals surface area contributed by atoms with Crippen LogP contribution >= 0.6 is 0 Å². The van der Waals surface area contributed by atoms with Crippen molar-refractivity contribution >= 4 is 40.5 Å². The van der Waals surface area contributed by atoms with Crippen LogP contribution in [0.4, 0.5) is 23.5 Å². The molecule has 0 amide bonds. The van der Waals surface area contributed by atoms with Crippen LogP contribution < -0.4 is 15.6 Å². The molecule has 0 aliphatic carbocycles. The molecule has 0 bridgehead atoms. The van der Waals surface area contributed by atoms with E-state index in [4.69, 9.17) is 0 Å². The van der Waals surface area contributed by atoms with Crippen LogP contribution in [0.25, 0.3) is 10.8 Å². The summed E-state index contributed by atoms with van der Waals surface area (Å²) in [5, 5.41) is 10.00. The highest BCUT2D eigenvalue weighted by Crippen LogP contribution is 2.21. The number of benzene rings is 3. The van der Waals surface area contributed by atoms with Crippen molar-refractivity contribution in [1.29, 1.82) is 0 Å². The summed E-state index contributed by atoms with van der Waals surface area (Å²) in [6, 6.07) is 24.4. The molecule has 0 radical (unpaired) electrons. The maximum absolute atomic E-state index is 4.61. The van der Waals surface area contributed by atoms with Crippen molar-refractivity contribution in [3.8, 4) is 0 Å². The van der Waals surface area contributed by atoms with E-state index in [9.17, 15) is 0 Å². The molecule has 154 valence electrons. The lowest BCUT2D eigenvalue weighted by Gasteiger charge is -2.16. The molecule has 1 aliphatic rings. The third-order valence-electron chi connectivity index (χ3n) is 5.19. The molecule has 7 nitrogen and oxygen atoms in total. The summed E-state index contributed by atoms with van der Waals surface area (Å²) in [7, 11) is 0. The lowest BCUT2D eigenvalue weighted by atomic mass is 10.1. The van der Waals surface area contributed by atoms with Crippen LogP contribution in [-0.4, -0.2) is 34.3 Å². The Morgan fingerprint density at radius 1 is 0.774 bits per heavy atom. The Bertz CT molecular complexity index is 1200. The van der Waals surface area contributed by atoms with Gasteiger partial charge in [-0.15, -0.1) is 0 Å². The van der Waals surface area contributed by atoms with E-state index in [1.54, 1.807) is 6.21 Å². The third-order valence-corrected chi connectivity index (χ3v) is 5.19. The first-order valence-corrected chi connectivity index (χ1v) is 10.4. The maximum atomic E-state index is 4.61. The molecule has 0 saturated carbocycles. The second-order valence-electron chi connectivity index (χ2n) is 7.44. The first-order valence-electron chi connectivity index (χ1n) is 10.4. The zero-order valence-electron chi connectivity index (χ0n) is 17.1. The first kappa shape index (κ1) is 19.0. The smallest absolute Gasteiger partial charge is 0.250 e. The van der Waals surface area contributed by atoms with E-state index in [1.165, 1.54) is 10.8 Å². The Morgan fingerprint density at radius 2 is 1.52 bits per heavy atom. The third kappa shape index (κ3) is 4.61. The molecule has 5 rings (SSSR count). The van der Waals surface area contributed by atoms with Gasteiger partial charge in [-0.3, -0.25) is 0 Å². The lowest BCUT2D eigenvalue weighted by Crippen LogP contribution is -2.21. The summed E-state index contributed by atoms with van der Waals surface area (Å²) in [5.74, 6) is 1.56. The van der Waals surface area contributed by atoms with E-state index < -0.39 is 0 Å². The van der Waals surface area contributed by atoms with E-state index in [2.05, 4.69) is 60.0 Å². The van der Waals surface area contributed by atoms with Crippen molar-refractivity contribution in [2.24, 2.45) is 5.10 Å². The van der Waals surface area contributed by atoms with E-state index in [0.29, 0.717) is 17.8 Å². The first-order chi connectivity index (χ1) is 15.3. The molecule has 0 unspecified atom stereocenters. The maximum Gasteiger partial charge on any atom is 0.250 e. The van der Waals surface area contributed by atoms with Crippen LogP contribution in [0.15, 0.2) is 77.9 Å². The molecule has 3 aromatic carbocycles. The van der Waals surface area contributed by atoms with E-state index in [-0.39, 0.29) is 0 Å². The number of hydrogen-bond acceptors (Lipinski definition) is 7. The molecule has 4 aromatic rings. The topological polar surface area (TPSA) is 78.3 Å². The predicted molar refractivity (Wildman–Crippen MR) is 126 cm³/mol. The summed E-state index contributed by atoms with van der Waals surface area (Å²) in [6.07, 6.45) is 4.07. The van der Waals surface area contributed by atoms with Crippen molar-refractivity contribution in [3.63, 3.8) is 0 Å². The Kier molecular flexibility index (Phi) is 5.38. The van der Waals surface area contributed by atoms with Crippen molar-refractivity contribution in [2.75, 3.05) is 28.7 Å². The molecule has 31 heavy (non-hydrogen) atoms. The van der Waals surface area contributed by atoms with Gasteiger partial charge in [0.05, 0.1) is 6.21 Å². The standard InChI is InChI=1S/C24H23N7/c1-2-10-21(11-3-1)26-22-27-23(29-24(28-22)31-14-6-7-15-31)30-25-17-18-12-13-19-8-4-5-9-20(19)16-18/h1-5,8-13,16-17H,6-7,14-15H2,(H2,26,27,28,29,30)/b25-17+. The molecular formula is C24H23N7. The van der Waals surface area contributed by atoms with Crippen LogP contribution in [0, 0.1) is 0 Å². The zero-order valence-corrected chi connectivity index (χ0v) is 17.1. The highest BCUT2D eigenvalue weighted by atomic mass is 15.4. The van der Waals surface area contributed by atoms with Gasteiger partial charge in [-0.1, -0.05) is 54.6 Å². The molecule has 0 spiro atoms. The second-order valence-corrected chi connectivity index (χ2v) is 7.44. The van der Waals surface area contributed by atoms with Crippen LogP contribution in [0.1, 0.15) is 18.4 Å². The van der Waals surface area contributed by atoms with Gasteiger partial charge < -0.3 is 10.2 Å². The fourth-order valence-corrected chi connectivity index (χ4v) is 3.63. The van der Waals surface area contributed by atoms with E-state index in [0.717, 1.165) is 37.2 Å². The molecule has 1 fully saturated rings. The number of para-hydroxylation sites is 1. The Hall–Kier alpha value is -4.00. The molecular weight excluding hydrogens is 386 g/mol. The summed E-state index contributed by atoms with van der Waals surface area (Å²) < 4.78 is 0. The summed E-state index contributed by atoms with van der Waals surface area (Å²) in [5.41, 5.74) is 4.90. The van der Waals surface area contributed by atoms with Gasteiger partial charge in [0.2, 0.25) is 17.8 Å². The SMILES string of the molecule is C(=N\Nc1nc(Nc2ccccc2)nc(N2CCCC2)n1)/c1ccc2ccccc2c1. The Labute approximate surface area is 180 Å². The number of nitrogens with one attached hydrogen (secondary N) is 2. The summed E-state index contributed by atoms with van der Waals surface area (Å²) >= 11 is 0. The average Bonchev–Trinajstić information content (AvgIpc) is 3.35. The molecule has 1 aromatic heterocycles. The number of aromatic nitrogens is 3. The minimum Gasteiger partial charge on any atom is -0.341 e. The van der Waals surface area contributed by atoms with Gasteiger partial charge in [-0.2, -0.15) is 20.1 Å². The molecule has 1 aliphatic heterocycles. The molecule has 2 N–H and O–H groups in total. The Morgan fingerprint density at radius 3 is 2.35 bits per heavy atom. The highest BCUT2D eigenvalue weighted by molar-refractivity contribution is 5.90. The van der Waals surface area contributed by atoms with Crippen molar-refractivity contribution in [1.82, 2.24) is 15.0 Å². The largest absolute Gasteiger partial charge is 0.341 e. The predicted octanol–water partition coefficient (Wildman–Crippen LogP) is 4.81. The zero-order chi connectivity index (χ0) is 20.9. The molecule has 0 atom stereocenters. The fourth-order valence-electron chi connectivity index (χ4n) is 3.63. The Balaban J connectivity index is 1.38. The summed E-state index contributed by atoms with van der Waals surface area (Å²) in [6.45, 7) is 1.91. The molecule has 2 heterocycles. The van der Waals surface area contributed by atoms with Gasteiger partial charge in [0, 0.05) is 18.8 Å². The van der Waals surface area contributed by atoms with Gasteiger partial charge in [0.25, 0.3) is 0 Å². The number of fused-ring (bicyclic) bond motifs is 1. The normalized spacial score (nSPS) is 13.7. The van der Waals surface area contributed by atoms with Gasteiger partial charge >= 0.3 is 0 Å². The van der Waals surface area contributed by atoms with Gasteiger partial charge in [0.15, 0.2) is 0 Å². The van der Waals surface area contributed by atoms with Crippen LogP contribution in [0.2, 0.25) is 0 Å². The van der Waals surface area contributed by atoms with Gasteiger partial charge in [0.1, 0.15) is 0 Å². The van der Waals surface area contributed by atoms with Crippen LogP contribution in [0.5, 0.6) is 0 Å². The lowest BCUT2D eigenvalue weighted by molar-refractivity contribution is 0.883. The van der Waals surface area contributed by atoms with E-state index >= 15 is 0 Å². The van der Waals surface area contributed by atoms with Gasteiger partial charge in [-0.05, 0) is 47.4 Å². The minimum atomic E-state index is 0.410. The highest BCUT2D eigenvalue weighted by Gasteiger charge is 2.17. The van der Waals surface area contributed by atoms with Crippen molar-refractivity contribution in [3.05, 3.63) is 78.4 Å². The van der Waals surface area contributed by atoms with Gasteiger partial charge in [-0.25, -0.2) is 5.43 Å². The number of hydrazone groups is 1. The summed E-state index contributed by atoms with van der Waals surface area (Å²) in [4.78, 5) is 15.9. The quantitative estimate of drug-likeness (QED) is 0.351. The number of rotatable bonds is 6. The number of nitrogens with zero attached hydrogens (tertiary/aromatic N) is 5. The number of anilines is 4.